The summed E-state index contributed by atoms with van der Waals surface area (Å²) >= 11 is 0. The standard InChI is InChI=1S/C17H34N2O3/c1-6-7-8-15(11-18-16(20)22-17(3,4)5)19-13(2)14-9-10-21-12-14/h13-15,19H,6-12H2,1-5H3,(H,18,20). The van der Waals surface area contributed by atoms with E-state index in [0.29, 0.717) is 18.5 Å². The molecule has 1 heterocycles. The summed E-state index contributed by atoms with van der Waals surface area (Å²) in [5.74, 6) is 0.575. The van der Waals surface area contributed by atoms with Crippen LogP contribution in [0.25, 0.3) is 0 Å². The first kappa shape index (κ1) is 19.2. The highest BCUT2D eigenvalue weighted by atomic mass is 16.6. The highest BCUT2D eigenvalue weighted by Gasteiger charge is 2.24. The molecule has 0 radical (unpaired) electrons. The molecule has 1 amide bonds. The summed E-state index contributed by atoms with van der Waals surface area (Å²) in [4.78, 5) is 11.8. The van der Waals surface area contributed by atoms with Crippen molar-refractivity contribution in [2.24, 2.45) is 5.92 Å². The zero-order chi connectivity index (χ0) is 16.6. The van der Waals surface area contributed by atoms with Crippen LogP contribution in [0.2, 0.25) is 0 Å². The molecule has 0 saturated carbocycles. The molecule has 1 aliphatic rings. The minimum absolute atomic E-state index is 0.281. The van der Waals surface area contributed by atoms with Gasteiger partial charge in [-0.05, 0) is 46.5 Å². The molecule has 1 aliphatic heterocycles. The first-order valence-electron chi connectivity index (χ1n) is 8.62. The van der Waals surface area contributed by atoms with E-state index in [0.717, 1.165) is 38.9 Å². The summed E-state index contributed by atoms with van der Waals surface area (Å²) < 4.78 is 10.8. The van der Waals surface area contributed by atoms with Gasteiger partial charge in [-0.2, -0.15) is 0 Å². The first-order chi connectivity index (χ1) is 10.3. The Morgan fingerprint density at radius 3 is 2.68 bits per heavy atom. The fourth-order valence-electron chi connectivity index (χ4n) is 2.67. The van der Waals surface area contributed by atoms with E-state index in [9.17, 15) is 4.79 Å². The van der Waals surface area contributed by atoms with Crippen molar-refractivity contribution in [1.82, 2.24) is 10.6 Å². The van der Waals surface area contributed by atoms with Crippen molar-refractivity contribution >= 4 is 6.09 Å². The van der Waals surface area contributed by atoms with Crippen molar-refractivity contribution in [2.75, 3.05) is 19.8 Å². The number of rotatable bonds is 8. The lowest BCUT2D eigenvalue weighted by Crippen LogP contribution is -2.47. The number of unbranched alkanes of at least 4 members (excludes halogenated alkanes) is 1. The molecule has 5 nitrogen and oxygen atoms in total. The van der Waals surface area contributed by atoms with Crippen LogP contribution >= 0.6 is 0 Å². The molecule has 22 heavy (non-hydrogen) atoms. The average Bonchev–Trinajstić information content (AvgIpc) is 2.93. The van der Waals surface area contributed by atoms with Crippen LogP contribution in [-0.2, 0) is 9.47 Å². The van der Waals surface area contributed by atoms with Gasteiger partial charge in [0, 0.05) is 25.2 Å². The molecular formula is C17H34N2O3. The van der Waals surface area contributed by atoms with Crippen LogP contribution in [0.1, 0.15) is 60.3 Å². The normalized spacial score (nSPS) is 21.4. The summed E-state index contributed by atoms with van der Waals surface area (Å²) in [5, 5.41) is 6.55. The topological polar surface area (TPSA) is 59.6 Å². The molecule has 0 aromatic rings. The van der Waals surface area contributed by atoms with Gasteiger partial charge in [-0.1, -0.05) is 19.8 Å². The maximum atomic E-state index is 11.8. The van der Waals surface area contributed by atoms with Gasteiger partial charge in [0.25, 0.3) is 0 Å². The molecular weight excluding hydrogens is 280 g/mol. The minimum Gasteiger partial charge on any atom is -0.444 e. The number of hydrogen-bond acceptors (Lipinski definition) is 4. The Morgan fingerprint density at radius 2 is 2.14 bits per heavy atom. The third-order valence-electron chi connectivity index (χ3n) is 3.97. The Kier molecular flexibility index (Phi) is 8.18. The Labute approximate surface area is 135 Å². The quantitative estimate of drug-likeness (QED) is 0.723. The zero-order valence-corrected chi connectivity index (χ0v) is 14.9. The van der Waals surface area contributed by atoms with Gasteiger partial charge in [-0.15, -0.1) is 0 Å². The smallest absolute Gasteiger partial charge is 0.407 e. The monoisotopic (exact) mass is 314 g/mol. The van der Waals surface area contributed by atoms with E-state index >= 15 is 0 Å². The van der Waals surface area contributed by atoms with Crippen LogP contribution in [0.4, 0.5) is 4.79 Å². The predicted molar refractivity (Wildman–Crippen MR) is 89.1 cm³/mol. The second-order valence-electron chi connectivity index (χ2n) is 7.30. The second kappa shape index (κ2) is 9.36. The Balaban J connectivity index is 2.40. The van der Waals surface area contributed by atoms with Crippen molar-refractivity contribution in [2.45, 2.75) is 78.0 Å². The van der Waals surface area contributed by atoms with Crippen molar-refractivity contribution < 1.29 is 14.3 Å². The predicted octanol–water partition coefficient (Wildman–Crippen LogP) is 3.08. The fraction of sp³-hybridized carbons (Fsp3) is 0.941. The van der Waals surface area contributed by atoms with E-state index in [1.54, 1.807) is 0 Å². The van der Waals surface area contributed by atoms with Gasteiger partial charge in [-0.3, -0.25) is 0 Å². The van der Waals surface area contributed by atoms with E-state index in [-0.39, 0.29) is 12.1 Å². The molecule has 1 saturated heterocycles. The van der Waals surface area contributed by atoms with Crippen LogP contribution in [0.15, 0.2) is 0 Å². The van der Waals surface area contributed by atoms with Crippen LogP contribution < -0.4 is 10.6 Å². The van der Waals surface area contributed by atoms with Crippen molar-refractivity contribution in [3.05, 3.63) is 0 Å². The summed E-state index contributed by atoms with van der Waals surface area (Å²) in [5.41, 5.74) is -0.453. The molecule has 130 valence electrons. The van der Waals surface area contributed by atoms with E-state index in [4.69, 9.17) is 9.47 Å². The zero-order valence-electron chi connectivity index (χ0n) is 14.9. The van der Waals surface area contributed by atoms with E-state index < -0.39 is 5.60 Å². The lowest BCUT2D eigenvalue weighted by atomic mass is 9.99. The first-order valence-corrected chi connectivity index (χ1v) is 8.62. The van der Waals surface area contributed by atoms with Gasteiger partial charge in [0.15, 0.2) is 0 Å². The molecule has 3 atom stereocenters. The third kappa shape index (κ3) is 7.99. The summed E-state index contributed by atoms with van der Waals surface area (Å²) in [6.45, 7) is 12.3. The highest BCUT2D eigenvalue weighted by Crippen LogP contribution is 2.17. The number of carbonyl (C=O) groups is 1. The van der Waals surface area contributed by atoms with Gasteiger partial charge in [-0.25, -0.2) is 4.79 Å². The van der Waals surface area contributed by atoms with E-state index in [2.05, 4.69) is 24.5 Å². The maximum Gasteiger partial charge on any atom is 0.407 e. The number of alkyl carbamates (subject to hydrolysis) is 1. The van der Waals surface area contributed by atoms with Crippen LogP contribution in [0, 0.1) is 5.92 Å². The SMILES string of the molecule is CCCCC(CNC(=O)OC(C)(C)C)NC(C)C1CCOC1. The van der Waals surface area contributed by atoms with Gasteiger partial charge in [0.05, 0.1) is 6.61 Å². The van der Waals surface area contributed by atoms with Crippen LogP contribution in [0.3, 0.4) is 0 Å². The van der Waals surface area contributed by atoms with Crippen LogP contribution in [-0.4, -0.2) is 43.5 Å². The van der Waals surface area contributed by atoms with Gasteiger partial charge in [0.1, 0.15) is 5.60 Å². The lowest BCUT2D eigenvalue weighted by molar-refractivity contribution is 0.0520. The fourth-order valence-corrected chi connectivity index (χ4v) is 2.67. The minimum atomic E-state index is -0.453. The van der Waals surface area contributed by atoms with Crippen LogP contribution in [0.5, 0.6) is 0 Å². The number of hydrogen-bond donors (Lipinski definition) is 2. The molecule has 2 N–H and O–H groups in total. The lowest BCUT2D eigenvalue weighted by Gasteiger charge is -2.27. The molecule has 1 rings (SSSR count). The maximum absolute atomic E-state index is 11.8. The summed E-state index contributed by atoms with van der Waals surface area (Å²) in [6.07, 6.45) is 4.15. The average molecular weight is 314 g/mol. The number of carbonyl (C=O) groups excluding carboxylic acids is 1. The molecule has 5 heteroatoms. The Bertz CT molecular complexity index is 322. The molecule has 0 aromatic carbocycles. The van der Waals surface area contributed by atoms with Crippen molar-refractivity contribution in [1.29, 1.82) is 0 Å². The molecule has 0 bridgehead atoms. The van der Waals surface area contributed by atoms with Gasteiger partial charge >= 0.3 is 6.09 Å². The number of amides is 1. The van der Waals surface area contributed by atoms with E-state index in [1.165, 1.54) is 0 Å². The molecule has 0 spiro atoms. The van der Waals surface area contributed by atoms with E-state index in [1.807, 2.05) is 20.8 Å². The van der Waals surface area contributed by atoms with Crippen molar-refractivity contribution in [3.63, 3.8) is 0 Å². The number of ether oxygens (including phenoxy) is 2. The highest BCUT2D eigenvalue weighted by molar-refractivity contribution is 5.67. The number of nitrogens with one attached hydrogen (secondary N) is 2. The van der Waals surface area contributed by atoms with Crippen molar-refractivity contribution in [3.8, 4) is 0 Å². The second-order valence-corrected chi connectivity index (χ2v) is 7.30. The summed E-state index contributed by atoms with van der Waals surface area (Å²) in [6, 6.07) is 0.688. The van der Waals surface area contributed by atoms with Gasteiger partial charge < -0.3 is 20.1 Å². The Hall–Kier alpha value is -0.810. The molecule has 0 aromatic heterocycles. The van der Waals surface area contributed by atoms with Gasteiger partial charge in [0.2, 0.25) is 0 Å². The molecule has 0 aliphatic carbocycles. The third-order valence-corrected chi connectivity index (χ3v) is 3.97. The molecule has 3 unspecified atom stereocenters. The largest absolute Gasteiger partial charge is 0.444 e. The molecule has 1 fully saturated rings. The summed E-state index contributed by atoms with van der Waals surface area (Å²) in [7, 11) is 0. The Morgan fingerprint density at radius 1 is 1.41 bits per heavy atom.